The fraction of sp³-hybridized carbons (Fsp3) is 0.889. The highest BCUT2D eigenvalue weighted by molar-refractivity contribution is 5.68. The lowest BCUT2D eigenvalue weighted by molar-refractivity contribution is -0.143. The van der Waals surface area contributed by atoms with E-state index in [2.05, 4.69) is 13.8 Å². The van der Waals surface area contributed by atoms with Gasteiger partial charge in [0.25, 0.3) is 0 Å². The molecular formula is C9H18O2. The second-order valence-electron chi connectivity index (χ2n) is 2.88. The second-order valence-corrected chi connectivity index (χ2v) is 2.88. The van der Waals surface area contributed by atoms with Crippen LogP contribution in [0.4, 0.5) is 0 Å². The van der Waals surface area contributed by atoms with Crippen molar-refractivity contribution in [3.8, 4) is 0 Å². The van der Waals surface area contributed by atoms with Crippen molar-refractivity contribution in [3.05, 3.63) is 0 Å². The van der Waals surface area contributed by atoms with Crippen LogP contribution in [0, 0.1) is 5.92 Å². The van der Waals surface area contributed by atoms with Gasteiger partial charge in [0, 0.05) is 6.42 Å². The van der Waals surface area contributed by atoms with Crippen molar-refractivity contribution in [1.82, 2.24) is 0 Å². The van der Waals surface area contributed by atoms with Gasteiger partial charge in [-0.2, -0.15) is 0 Å². The van der Waals surface area contributed by atoms with Crippen LogP contribution in [0.5, 0.6) is 0 Å². The van der Waals surface area contributed by atoms with Crippen molar-refractivity contribution in [1.29, 1.82) is 0 Å². The van der Waals surface area contributed by atoms with Crippen molar-refractivity contribution in [3.63, 3.8) is 0 Å². The molecule has 0 spiro atoms. The number of carbonyl (C=O) groups is 1. The van der Waals surface area contributed by atoms with Crippen molar-refractivity contribution in [2.75, 3.05) is 6.61 Å². The first kappa shape index (κ1) is 10.5. The number of hydrogen-bond donors (Lipinski definition) is 0. The molecule has 0 saturated carbocycles. The van der Waals surface area contributed by atoms with Crippen LogP contribution in [-0.4, -0.2) is 12.6 Å². The zero-order valence-electron chi connectivity index (χ0n) is 7.72. The molecule has 1 atom stereocenters. The summed E-state index contributed by atoms with van der Waals surface area (Å²) < 4.78 is 4.92. The Morgan fingerprint density at radius 2 is 2.09 bits per heavy atom. The van der Waals surface area contributed by atoms with Gasteiger partial charge < -0.3 is 4.74 Å². The number of esters is 1. The topological polar surface area (TPSA) is 26.3 Å². The Labute approximate surface area is 68.9 Å². The fourth-order valence-electron chi connectivity index (χ4n) is 0.680. The van der Waals surface area contributed by atoms with Crippen molar-refractivity contribution < 1.29 is 9.53 Å². The third-order valence-electron chi connectivity index (χ3n) is 1.86. The van der Waals surface area contributed by atoms with Crippen LogP contribution in [-0.2, 0) is 9.53 Å². The molecule has 11 heavy (non-hydrogen) atoms. The minimum Gasteiger partial charge on any atom is -0.466 e. The van der Waals surface area contributed by atoms with Crippen LogP contribution in [0.2, 0.25) is 0 Å². The Balaban J connectivity index is 3.20. The van der Waals surface area contributed by atoms with Crippen molar-refractivity contribution in [2.45, 2.75) is 40.0 Å². The van der Waals surface area contributed by atoms with Crippen molar-refractivity contribution in [2.24, 2.45) is 5.92 Å². The van der Waals surface area contributed by atoms with Crippen LogP contribution in [0.1, 0.15) is 40.0 Å². The van der Waals surface area contributed by atoms with E-state index in [9.17, 15) is 4.79 Å². The summed E-state index contributed by atoms with van der Waals surface area (Å²) in [5.41, 5.74) is 0. The van der Waals surface area contributed by atoms with E-state index in [1.807, 2.05) is 6.92 Å². The standard InChI is InChI=1S/C9H18O2/c1-4-8(3)6-7-11-9(10)5-2/h8H,4-7H2,1-3H3/t8-/m1/s1. The fourth-order valence-corrected chi connectivity index (χ4v) is 0.680. The maximum Gasteiger partial charge on any atom is 0.305 e. The van der Waals surface area contributed by atoms with Gasteiger partial charge in [-0.1, -0.05) is 27.2 Å². The van der Waals surface area contributed by atoms with Gasteiger partial charge >= 0.3 is 5.97 Å². The van der Waals surface area contributed by atoms with Crippen LogP contribution >= 0.6 is 0 Å². The smallest absolute Gasteiger partial charge is 0.305 e. The Hall–Kier alpha value is -0.530. The summed E-state index contributed by atoms with van der Waals surface area (Å²) in [6.07, 6.45) is 2.63. The molecule has 0 N–H and O–H groups in total. The van der Waals surface area contributed by atoms with E-state index in [1.54, 1.807) is 0 Å². The first-order valence-corrected chi connectivity index (χ1v) is 4.36. The molecule has 0 heterocycles. The van der Waals surface area contributed by atoms with E-state index in [0.29, 0.717) is 18.9 Å². The molecule has 0 aliphatic rings. The van der Waals surface area contributed by atoms with Gasteiger partial charge in [0.05, 0.1) is 6.61 Å². The van der Waals surface area contributed by atoms with Gasteiger partial charge in [0.1, 0.15) is 0 Å². The lowest BCUT2D eigenvalue weighted by Gasteiger charge is -2.07. The molecule has 0 fully saturated rings. The highest BCUT2D eigenvalue weighted by Gasteiger charge is 2.01. The molecule has 2 heteroatoms. The molecule has 0 unspecified atom stereocenters. The van der Waals surface area contributed by atoms with Gasteiger partial charge in [-0.15, -0.1) is 0 Å². The molecule has 0 aliphatic heterocycles. The maximum absolute atomic E-state index is 10.7. The van der Waals surface area contributed by atoms with Gasteiger partial charge in [0.15, 0.2) is 0 Å². The third kappa shape index (κ3) is 5.89. The van der Waals surface area contributed by atoms with Crippen LogP contribution in [0.25, 0.3) is 0 Å². The van der Waals surface area contributed by atoms with E-state index >= 15 is 0 Å². The molecule has 0 aromatic heterocycles. The quantitative estimate of drug-likeness (QED) is 0.574. The summed E-state index contributed by atoms with van der Waals surface area (Å²) in [5.74, 6) is 0.577. The molecule has 66 valence electrons. The largest absolute Gasteiger partial charge is 0.466 e. The molecule has 0 aromatic rings. The molecule has 0 bridgehead atoms. The van der Waals surface area contributed by atoms with Gasteiger partial charge in [-0.25, -0.2) is 0 Å². The SMILES string of the molecule is CCC(=O)OCC[C@H](C)CC. The molecule has 0 radical (unpaired) electrons. The zero-order valence-corrected chi connectivity index (χ0v) is 7.72. The predicted molar refractivity (Wildman–Crippen MR) is 45.3 cm³/mol. The first-order chi connectivity index (χ1) is 5.20. The normalized spacial score (nSPS) is 12.6. The minimum atomic E-state index is -0.0895. The highest BCUT2D eigenvalue weighted by Crippen LogP contribution is 2.05. The monoisotopic (exact) mass is 158 g/mol. The van der Waals surface area contributed by atoms with Crippen LogP contribution < -0.4 is 0 Å². The second kappa shape index (κ2) is 6.20. The number of rotatable bonds is 5. The molecular weight excluding hydrogens is 140 g/mol. The lowest BCUT2D eigenvalue weighted by atomic mass is 10.1. The first-order valence-electron chi connectivity index (χ1n) is 4.36. The number of ether oxygens (including phenoxy) is 1. The molecule has 0 aliphatic carbocycles. The Kier molecular flexibility index (Phi) is 5.90. The summed E-state index contributed by atoms with van der Waals surface area (Å²) in [6.45, 7) is 6.71. The predicted octanol–water partition coefficient (Wildman–Crippen LogP) is 2.38. The molecule has 0 saturated heterocycles. The summed E-state index contributed by atoms with van der Waals surface area (Å²) in [4.78, 5) is 10.7. The average Bonchev–Trinajstić information content (AvgIpc) is 2.04. The van der Waals surface area contributed by atoms with Crippen LogP contribution in [0.15, 0.2) is 0 Å². The zero-order chi connectivity index (χ0) is 8.69. The van der Waals surface area contributed by atoms with E-state index in [4.69, 9.17) is 4.74 Å². The molecule has 0 aromatic carbocycles. The maximum atomic E-state index is 10.7. The molecule has 0 rings (SSSR count). The summed E-state index contributed by atoms with van der Waals surface area (Å²) in [5, 5.41) is 0. The third-order valence-corrected chi connectivity index (χ3v) is 1.86. The average molecular weight is 158 g/mol. The lowest BCUT2D eigenvalue weighted by Crippen LogP contribution is -2.06. The Morgan fingerprint density at radius 1 is 1.45 bits per heavy atom. The Morgan fingerprint density at radius 3 is 2.55 bits per heavy atom. The summed E-state index contributed by atoms with van der Waals surface area (Å²) in [7, 11) is 0. The van der Waals surface area contributed by atoms with Gasteiger partial charge in [-0.05, 0) is 12.3 Å². The summed E-state index contributed by atoms with van der Waals surface area (Å²) in [6, 6.07) is 0. The number of carbonyl (C=O) groups excluding carboxylic acids is 1. The minimum absolute atomic E-state index is 0.0895. The van der Waals surface area contributed by atoms with Crippen LogP contribution in [0.3, 0.4) is 0 Å². The summed E-state index contributed by atoms with van der Waals surface area (Å²) >= 11 is 0. The van der Waals surface area contributed by atoms with E-state index in [0.717, 1.165) is 12.8 Å². The van der Waals surface area contributed by atoms with Crippen molar-refractivity contribution >= 4 is 5.97 Å². The van der Waals surface area contributed by atoms with E-state index in [-0.39, 0.29) is 5.97 Å². The number of hydrogen-bond acceptors (Lipinski definition) is 2. The van der Waals surface area contributed by atoms with E-state index < -0.39 is 0 Å². The van der Waals surface area contributed by atoms with Gasteiger partial charge in [-0.3, -0.25) is 4.79 Å². The van der Waals surface area contributed by atoms with Gasteiger partial charge in [0.2, 0.25) is 0 Å². The highest BCUT2D eigenvalue weighted by atomic mass is 16.5. The Bertz CT molecular complexity index is 110. The molecule has 0 amide bonds. The molecule has 2 nitrogen and oxygen atoms in total. The van der Waals surface area contributed by atoms with E-state index in [1.165, 1.54) is 0 Å².